The Kier molecular flexibility index (Phi) is 8.82. The molecule has 2 bridgehead atoms. The van der Waals surface area contributed by atoms with E-state index < -0.39 is 47.9 Å². The van der Waals surface area contributed by atoms with Crippen molar-refractivity contribution in [2.24, 2.45) is 23.7 Å². The summed E-state index contributed by atoms with van der Waals surface area (Å²) in [4.78, 5) is 67.7. The van der Waals surface area contributed by atoms with Crippen molar-refractivity contribution in [1.29, 1.82) is 0 Å². The van der Waals surface area contributed by atoms with Gasteiger partial charge in [0.2, 0.25) is 0 Å². The fourth-order valence-electron chi connectivity index (χ4n) is 6.43. The van der Waals surface area contributed by atoms with E-state index in [0.29, 0.717) is 12.2 Å². The van der Waals surface area contributed by atoms with Gasteiger partial charge in [0.25, 0.3) is 17.7 Å². The molecule has 9 nitrogen and oxygen atoms in total. The van der Waals surface area contributed by atoms with Gasteiger partial charge in [-0.05, 0) is 78.9 Å². The minimum Gasteiger partial charge on any atom is -0.497 e. The first-order valence-corrected chi connectivity index (χ1v) is 16.5. The maximum Gasteiger partial charge on any atom is 0.343 e. The molecule has 0 spiro atoms. The van der Waals surface area contributed by atoms with Crippen LogP contribution in [0.4, 0.5) is 0 Å². The molecule has 6 rings (SSSR count). The Balaban J connectivity index is 1.25. The van der Waals surface area contributed by atoms with Crippen molar-refractivity contribution in [2.75, 3.05) is 13.7 Å². The van der Waals surface area contributed by atoms with E-state index in [9.17, 15) is 24.0 Å². The Morgan fingerprint density at radius 1 is 0.822 bits per heavy atom. The Morgan fingerprint density at radius 2 is 1.44 bits per heavy atom. The first-order valence-electron chi connectivity index (χ1n) is 13.9. The van der Waals surface area contributed by atoms with Crippen LogP contribution < -0.4 is 9.47 Å². The van der Waals surface area contributed by atoms with E-state index >= 15 is 0 Å². The quantitative estimate of drug-likeness (QED) is 0.0876. The van der Waals surface area contributed by atoms with Gasteiger partial charge in [0.05, 0.1) is 34.6 Å². The van der Waals surface area contributed by atoms with E-state index in [1.807, 2.05) is 0 Å². The van der Waals surface area contributed by atoms with Crippen LogP contribution in [0.25, 0.3) is 0 Å². The van der Waals surface area contributed by atoms with E-state index in [2.05, 4.69) is 31.9 Å². The smallest absolute Gasteiger partial charge is 0.343 e. The van der Waals surface area contributed by atoms with Crippen LogP contribution in [0, 0.1) is 23.7 Å². The number of amides is 3. The summed E-state index contributed by atoms with van der Waals surface area (Å²) in [6.45, 7) is -0.607. The molecule has 3 aromatic rings. The molecule has 45 heavy (non-hydrogen) atoms. The molecule has 3 aromatic carbocycles. The predicted molar refractivity (Wildman–Crippen MR) is 172 cm³/mol. The highest BCUT2D eigenvalue weighted by Gasteiger charge is 2.67. The molecule has 13 heteroatoms. The molecule has 3 fully saturated rings. The van der Waals surface area contributed by atoms with E-state index in [4.69, 9.17) is 32.7 Å². The van der Waals surface area contributed by atoms with Crippen molar-refractivity contribution in [2.45, 2.75) is 16.1 Å². The van der Waals surface area contributed by atoms with Gasteiger partial charge < -0.3 is 9.47 Å². The van der Waals surface area contributed by atoms with Gasteiger partial charge in [-0.15, -0.1) is 0 Å². The van der Waals surface area contributed by atoms with E-state index in [1.165, 1.54) is 55.6 Å². The Hall–Kier alpha value is -3.25. The van der Waals surface area contributed by atoms with Crippen molar-refractivity contribution in [3.05, 3.63) is 93.5 Å². The van der Waals surface area contributed by atoms with Gasteiger partial charge in [-0.1, -0.05) is 61.1 Å². The molecule has 0 radical (unpaired) electrons. The number of hydrogen-bond acceptors (Lipinski definition) is 7. The average molecular weight is 779 g/mol. The number of hydrogen-bond donors (Lipinski definition) is 0. The molecule has 0 aromatic heterocycles. The van der Waals surface area contributed by atoms with Crippen molar-refractivity contribution in [3.63, 3.8) is 0 Å². The number of carbonyl (C=O) groups excluding carboxylic acids is 5. The third-order valence-corrected chi connectivity index (χ3v) is 12.5. The molecule has 6 atom stereocenters. The Labute approximate surface area is 285 Å². The van der Waals surface area contributed by atoms with Gasteiger partial charge in [-0.25, -0.2) is 9.80 Å². The first kappa shape index (κ1) is 31.7. The molecule has 1 aliphatic heterocycles. The number of halogens is 4. The van der Waals surface area contributed by atoms with Crippen molar-refractivity contribution >= 4 is 84.5 Å². The summed E-state index contributed by atoms with van der Waals surface area (Å²) in [5.74, 6) is -3.64. The number of alkyl halides is 2. The van der Waals surface area contributed by atoms with Crippen molar-refractivity contribution < 1.29 is 33.4 Å². The second-order valence-electron chi connectivity index (χ2n) is 11.1. The third kappa shape index (κ3) is 5.68. The molecule has 1 heterocycles. The monoisotopic (exact) mass is 776 g/mol. The first-order chi connectivity index (χ1) is 21.5. The highest BCUT2D eigenvalue weighted by atomic mass is 79.9. The van der Waals surface area contributed by atoms with Gasteiger partial charge in [-0.3, -0.25) is 19.2 Å². The van der Waals surface area contributed by atoms with Crippen LogP contribution >= 0.6 is 55.1 Å². The number of hydrazine groups is 1. The lowest BCUT2D eigenvalue weighted by Crippen LogP contribution is -2.52. The van der Waals surface area contributed by atoms with E-state index in [-0.39, 0.29) is 54.0 Å². The summed E-state index contributed by atoms with van der Waals surface area (Å²) in [7, 11) is 1.49. The molecule has 3 aliphatic rings. The molecule has 2 aliphatic carbocycles. The lowest BCUT2D eigenvalue weighted by atomic mass is 9.81. The fourth-order valence-corrected chi connectivity index (χ4v) is 8.61. The molecule has 2 saturated carbocycles. The van der Waals surface area contributed by atoms with Crippen LogP contribution in [0.3, 0.4) is 0 Å². The summed E-state index contributed by atoms with van der Waals surface area (Å²) >= 11 is 19.6. The number of nitrogens with zero attached hydrogens (tertiary/aromatic N) is 2. The minimum atomic E-state index is -0.759. The number of Topliss-reactive ketones (excluding diaryl/α,β-unsaturated/α-hetero) is 1. The second kappa shape index (κ2) is 12.5. The summed E-state index contributed by atoms with van der Waals surface area (Å²) in [5, 5.41) is 2.06. The normalized spacial score (nSPS) is 24.9. The summed E-state index contributed by atoms with van der Waals surface area (Å²) in [5.41, 5.74) is 0.500. The fraction of sp³-hybridized carbons (Fsp3) is 0.281. The van der Waals surface area contributed by atoms with Crippen molar-refractivity contribution in [1.82, 2.24) is 10.0 Å². The predicted octanol–water partition coefficient (Wildman–Crippen LogP) is 6.24. The number of methoxy groups -OCH3 is 1. The zero-order valence-corrected chi connectivity index (χ0v) is 28.2. The van der Waals surface area contributed by atoms with Crippen LogP contribution in [0.15, 0.2) is 66.7 Å². The number of ether oxygens (including phenoxy) is 2. The van der Waals surface area contributed by atoms with E-state index in [1.54, 1.807) is 18.2 Å². The number of ketones is 1. The molecule has 3 amide bonds. The third-order valence-electron chi connectivity index (χ3n) is 8.59. The minimum absolute atomic E-state index is 0.00200. The zero-order valence-electron chi connectivity index (χ0n) is 23.5. The van der Waals surface area contributed by atoms with Crippen LogP contribution in [0.2, 0.25) is 10.0 Å². The molecular weight excluding hydrogens is 755 g/mol. The second-order valence-corrected chi connectivity index (χ2v) is 14.0. The Morgan fingerprint density at radius 3 is 2.04 bits per heavy atom. The number of carbonyl (C=O) groups is 5. The number of imide groups is 1. The number of fused-ring (bicyclic) bond motifs is 5. The molecular formula is C32H24Br2Cl2N2O7. The Bertz CT molecular complexity index is 1700. The van der Waals surface area contributed by atoms with Crippen LogP contribution in [-0.2, 0) is 9.59 Å². The van der Waals surface area contributed by atoms with Gasteiger partial charge in [0.15, 0.2) is 5.78 Å². The summed E-state index contributed by atoms with van der Waals surface area (Å²) < 4.78 is 10.6. The maximum atomic E-state index is 13.9. The number of rotatable bonds is 8. The standard InChI is InChI=1S/C32H24Br2Cl2N2O7/c1-44-19-4-2-3-17(11-19)32(43)45-18-8-5-15(6-9-18)24(39)14-37(29(40)16-7-10-22(35)23(36)12-16)38-30(41)25-20-13-21(26(25)31(38)42)28(34)27(20)33/h2-12,20-21,25-28H,13-14H2,1H3/t20-,21-,25-,26+,27+,28+/m1/s1. The molecule has 0 unspecified atom stereocenters. The van der Waals surface area contributed by atoms with Crippen molar-refractivity contribution in [3.8, 4) is 11.5 Å². The topological polar surface area (TPSA) is 110 Å². The zero-order chi connectivity index (χ0) is 32.2. The van der Waals surface area contributed by atoms with Gasteiger partial charge in [0.1, 0.15) is 18.0 Å². The maximum absolute atomic E-state index is 13.9. The van der Waals surface area contributed by atoms with Crippen LogP contribution in [0.1, 0.15) is 37.5 Å². The molecule has 1 saturated heterocycles. The summed E-state index contributed by atoms with van der Waals surface area (Å²) in [6, 6.07) is 16.4. The number of benzene rings is 3. The highest BCUT2D eigenvalue weighted by molar-refractivity contribution is 9.12. The largest absolute Gasteiger partial charge is 0.497 e. The van der Waals surface area contributed by atoms with Gasteiger partial charge >= 0.3 is 5.97 Å². The lowest BCUT2D eigenvalue weighted by Gasteiger charge is -2.31. The van der Waals surface area contributed by atoms with Gasteiger partial charge in [0, 0.05) is 20.8 Å². The van der Waals surface area contributed by atoms with Crippen LogP contribution in [-0.4, -0.2) is 62.8 Å². The number of esters is 1. The molecule has 0 N–H and O–H groups in total. The van der Waals surface area contributed by atoms with E-state index in [0.717, 1.165) is 10.0 Å². The lowest BCUT2D eigenvalue weighted by molar-refractivity contribution is -0.154. The average Bonchev–Trinajstić information content (AvgIpc) is 3.65. The molecule has 232 valence electrons. The highest BCUT2D eigenvalue weighted by Crippen LogP contribution is 2.60. The SMILES string of the molecule is COc1cccc(C(=O)Oc2ccc(C(=O)CN(C(=O)c3ccc(Cl)c(Cl)c3)N3C(=O)[C@@H]4[C@H]5C[C@@H]([C@H](Br)[C@H]5Br)[C@@H]4C3=O)cc2)c1. The summed E-state index contributed by atoms with van der Waals surface area (Å²) in [6.07, 6.45) is 0.709. The van der Waals surface area contributed by atoms with Gasteiger partial charge in [-0.2, -0.15) is 5.01 Å². The van der Waals surface area contributed by atoms with Crippen LogP contribution in [0.5, 0.6) is 11.5 Å².